The van der Waals surface area contributed by atoms with E-state index in [1.54, 1.807) is 6.07 Å². The van der Waals surface area contributed by atoms with Crippen LogP contribution in [-0.2, 0) is 23.2 Å². The van der Waals surface area contributed by atoms with Crippen molar-refractivity contribution >= 4 is 10.0 Å². The van der Waals surface area contributed by atoms with Crippen LogP contribution in [0.15, 0.2) is 39.8 Å². The summed E-state index contributed by atoms with van der Waals surface area (Å²) >= 11 is 0. The summed E-state index contributed by atoms with van der Waals surface area (Å²) in [5, 5.41) is 3.17. The van der Waals surface area contributed by atoms with E-state index in [1.165, 1.54) is 20.2 Å². The standard InChI is InChI=1S/C16H20N2O5S/c1-18(2)24(19,20)16-6-5-14(23-16)11-22-13-4-3-12-10-17-7-8-21-15(12)9-13/h3-6,9,17H,7-8,10-11H2,1-2H3. The summed E-state index contributed by atoms with van der Waals surface area (Å²) < 4.78 is 41.8. The van der Waals surface area contributed by atoms with Gasteiger partial charge in [0.05, 0.1) is 0 Å². The van der Waals surface area contributed by atoms with Gasteiger partial charge < -0.3 is 19.2 Å². The second kappa shape index (κ2) is 6.84. The summed E-state index contributed by atoms with van der Waals surface area (Å²) in [6.45, 7) is 2.32. The number of benzene rings is 1. The molecule has 0 saturated carbocycles. The van der Waals surface area contributed by atoms with Crippen LogP contribution in [0, 0.1) is 0 Å². The smallest absolute Gasteiger partial charge is 0.275 e. The Balaban J connectivity index is 1.68. The number of nitrogens with zero attached hydrogens (tertiary/aromatic N) is 1. The Morgan fingerprint density at radius 2 is 2.08 bits per heavy atom. The maximum Gasteiger partial charge on any atom is 0.275 e. The summed E-state index contributed by atoms with van der Waals surface area (Å²) in [7, 11) is -0.657. The first-order chi connectivity index (χ1) is 11.5. The summed E-state index contributed by atoms with van der Waals surface area (Å²) in [6, 6.07) is 8.67. The highest BCUT2D eigenvalue weighted by molar-refractivity contribution is 7.88. The van der Waals surface area contributed by atoms with Crippen molar-refractivity contribution in [2.75, 3.05) is 27.2 Å². The van der Waals surface area contributed by atoms with Crippen molar-refractivity contribution in [1.29, 1.82) is 0 Å². The monoisotopic (exact) mass is 352 g/mol. The lowest BCUT2D eigenvalue weighted by atomic mass is 10.2. The first-order valence-electron chi connectivity index (χ1n) is 7.57. The zero-order chi connectivity index (χ0) is 17.2. The second-order valence-electron chi connectivity index (χ2n) is 5.59. The lowest BCUT2D eigenvalue weighted by molar-refractivity contribution is 0.254. The second-order valence-corrected chi connectivity index (χ2v) is 7.67. The van der Waals surface area contributed by atoms with E-state index < -0.39 is 10.0 Å². The first kappa shape index (κ1) is 16.8. The van der Waals surface area contributed by atoms with Crippen LogP contribution in [0.4, 0.5) is 0 Å². The Hall–Kier alpha value is -2.03. The molecule has 0 bridgehead atoms. The van der Waals surface area contributed by atoms with E-state index >= 15 is 0 Å². The molecule has 3 rings (SSSR count). The van der Waals surface area contributed by atoms with Gasteiger partial charge in [-0.05, 0) is 18.2 Å². The number of furan rings is 1. The number of fused-ring (bicyclic) bond motifs is 1. The molecule has 0 amide bonds. The molecule has 7 nitrogen and oxygen atoms in total. The number of sulfonamides is 1. The topological polar surface area (TPSA) is 81.0 Å². The molecule has 0 saturated heterocycles. The van der Waals surface area contributed by atoms with Gasteiger partial charge in [-0.1, -0.05) is 6.07 Å². The minimum absolute atomic E-state index is 0.0950. The largest absolute Gasteiger partial charge is 0.492 e. The van der Waals surface area contributed by atoms with Gasteiger partial charge in [0.2, 0.25) is 5.09 Å². The average molecular weight is 352 g/mol. The normalized spacial score (nSPS) is 14.8. The Morgan fingerprint density at radius 1 is 1.25 bits per heavy atom. The van der Waals surface area contributed by atoms with Gasteiger partial charge >= 0.3 is 0 Å². The summed E-state index contributed by atoms with van der Waals surface area (Å²) in [4.78, 5) is 0. The van der Waals surface area contributed by atoms with E-state index in [9.17, 15) is 8.42 Å². The molecule has 1 aliphatic rings. The molecule has 1 N–H and O–H groups in total. The van der Waals surface area contributed by atoms with E-state index in [-0.39, 0.29) is 11.7 Å². The Kier molecular flexibility index (Phi) is 4.79. The van der Waals surface area contributed by atoms with Crippen molar-refractivity contribution in [3.63, 3.8) is 0 Å². The molecule has 1 aromatic carbocycles. The lowest BCUT2D eigenvalue weighted by Crippen LogP contribution is -2.21. The molecule has 8 heteroatoms. The van der Waals surface area contributed by atoms with E-state index in [0.717, 1.165) is 28.7 Å². The van der Waals surface area contributed by atoms with Gasteiger partial charge in [0.15, 0.2) is 0 Å². The highest BCUT2D eigenvalue weighted by Crippen LogP contribution is 2.27. The van der Waals surface area contributed by atoms with Crippen LogP contribution >= 0.6 is 0 Å². The van der Waals surface area contributed by atoms with Crippen molar-refractivity contribution < 1.29 is 22.3 Å². The van der Waals surface area contributed by atoms with Gasteiger partial charge in [0.25, 0.3) is 10.0 Å². The summed E-state index contributed by atoms with van der Waals surface area (Å²) in [5.74, 6) is 1.88. The van der Waals surface area contributed by atoms with Crippen molar-refractivity contribution in [3.8, 4) is 11.5 Å². The Morgan fingerprint density at radius 3 is 2.88 bits per heavy atom. The third kappa shape index (κ3) is 3.55. The van der Waals surface area contributed by atoms with Crippen LogP contribution in [0.3, 0.4) is 0 Å². The Labute approximate surface area is 141 Å². The summed E-state index contributed by atoms with van der Waals surface area (Å²) in [5.41, 5.74) is 1.08. The van der Waals surface area contributed by atoms with Crippen molar-refractivity contribution in [1.82, 2.24) is 9.62 Å². The molecule has 24 heavy (non-hydrogen) atoms. The molecule has 1 aromatic heterocycles. The Bertz CT molecular complexity index is 814. The average Bonchev–Trinajstić information content (AvgIpc) is 2.92. The molecule has 0 radical (unpaired) electrons. The SMILES string of the molecule is CN(C)S(=O)(=O)c1ccc(COc2ccc3c(c2)OCCNC3)o1. The van der Waals surface area contributed by atoms with Crippen LogP contribution in [0.1, 0.15) is 11.3 Å². The van der Waals surface area contributed by atoms with E-state index in [1.807, 2.05) is 18.2 Å². The number of hydrogen-bond donors (Lipinski definition) is 1. The van der Waals surface area contributed by atoms with Crippen LogP contribution < -0.4 is 14.8 Å². The lowest BCUT2D eigenvalue weighted by Gasteiger charge is -2.10. The molecule has 0 atom stereocenters. The maximum atomic E-state index is 12.0. The van der Waals surface area contributed by atoms with Gasteiger partial charge in [-0.2, -0.15) is 0 Å². The molecule has 0 spiro atoms. The third-order valence-electron chi connectivity index (χ3n) is 3.64. The summed E-state index contributed by atoms with van der Waals surface area (Å²) in [6.07, 6.45) is 0. The first-order valence-corrected chi connectivity index (χ1v) is 9.01. The van der Waals surface area contributed by atoms with Gasteiger partial charge in [-0.25, -0.2) is 12.7 Å². The molecule has 2 aromatic rings. The highest BCUT2D eigenvalue weighted by Gasteiger charge is 2.21. The zero-order valence-electron chi connectivity index (χ0n) is 13.6. The number of nitrogens with one attached hydrogen (secondary N) is 1. The van der Waals surface area contributed by atoms with E-state index in [0.29, 0.717) is 18.1 Å². The van der Waals surface area contributed by atoms with E-state index in [2.05, 4.69) is 5.32 Å². The van der Waals surface area contributed by atoms with Crippen molar-refractivity contribution in [3.05, 3.63) is 41.7 Å². The highest BCUT2D eigenvalue weighted by atomic mass is 32.2. The van der Waals surface area contributed by atoms with Crippen LogP contribution in [0.25, 0.3) is 0 Å². The molecule has 1 aliphatic heterocycles. The third-order valence-corrected chi connectivity index (χ3v) is 5.33. The minimum atomic E-state index is -3.57. The van der Waals surface area contributed by atoms with Crippen LogP contribution in [0.2, 0.25) is 0 Å². The minimum Gasteiger partial charge on any atom is -0.492 e. The molecular weight excluding hydrogens is 332 g/mol. The van der Waals surface area contributed by atoms with Gasteiger partial charge in [0, 0.05) is 38.8 Å². The molecule has 130 valence electrons. The molecular formula is C16H20N2O5S. The van der Waals surface area contributed by atoms with Crippen LogP contribution in [0.5, 0.6) is 11.5 Å². The quantitative estimate of drug-likeness (QED) is 0.880. The number of ether oxygens (including phenoxy) is 2. The van der Waals surface area contributed by atoms with Gasteiger partial charge in [0.1, 0.15) is 30.5 Å². The van der Waals surface area contributed by atoms with Gasteiger partial charge in [-0.3, -0.25) is 0 Å². The maximum absolute atomic E-state index is 12.0. The number of rotatable bonds is 5. The fourth-order valence-electron chi connectivity index (χ4n) is 2.27. The van der Waals surface area contributed by atoms with Crippen molar-refractivity contribution in [2.24, 2.45) is 0 Å². The molecule has 0 unspecified atom stereocenters. The molecule has 2 heterocycles. The van der Waals surface area contributed by atoms with E-state index in [4.69, 9.17) is 13.9 Å². The zero-order valence-corrected chi connectivity index (χ0v) is 14.4. The van der Waals surface area contributed by atoms with Crippen LogP contribution in [-0.4, -0.2) is 40.0 Å². The predicted octanol–water partition coefficient (Wildman–Crippen LogP) is 1.59. The number of hydrogen-bond acceptors (Lipinski definition) is 6. The fourth-order valence-corrected chi connectivity index (χ4v) is 3.08. The fraction of sp³-hybridized carbons (Fsp3) is 0.375. The molecule has 0 aliphatic carbocycles. The van der Waals surface area contributed by atoms with Crippen molar-refractivity contribution in [2.45, 2.75) is 18.2 Å². The predicted molar refractivity (Wildman–Crippen MR) is 87.6 cm³/mol. The van der Waals surface area contributed by atoms with Gasteiger partial charge in [-0.15, -0.1) is 0 Å². The molecule has 0 fully saturated rings.